The van der Waals surface area contributed by atoms with Gasteiger partial charge in [0.2, 0.25) is 0 Å². The Morgan fingerprint density at radius 3 is 2.34 bits per heavy atom. The molecule has 3 rings (SSSR count). The van der Waals surface area contributed by atoms with Crippen molar-refractivity contribution in [2.45, 2.75) is 13.0 Å². The number of furan rings is 1. The second kappa shape index (κ2) is 8.70. The third-order valence-electron chi connectivity index (χ3n) is 3.86. The van der Waals surface area contributed by atoms with Crippen LogP contribution in [0.25, 0.3) is 0 Å². The van der Waals surface area contributed by atoms with Gasteiger partial charge in [-0.3, -0.25) is 19.7 Å². The van der Waals surface area contributed by atoms with E-state index in [-0.39, 0.29) is 11.4 Å². The van der Waals surface area contributed by atoms with Gasteiger partial charge in [0.15, 0.2) is 11.9 Å². The molecule has 1 heterocycles. The first-order chi connectivity index (χ1) is 13.9. The lowest BCUT2D eigenvalue weighted by Crippen LogP contribution is -2.30. The minimum absolute atomic E-state index is 0.0668. The summed E-state index contributed by atoms with van der Waals surface area (Å²) in [5.74, 6) is -0.325. The Bertz CT molecular complexity index is 1010. The molecule has 0 spiro atoms. The van der Waals surface area contributed by atoms with Crippen molar-refractivity contribution < 1.29 is 23.7 Å². The van der Waals surface area contributed by atoms with Gasteiger partial charge in [0.05, 0.1) is 11.2 Å². The van der Waals surface area contributed by atoms with Crippen LogP contribution in [0.1, 0.15) is 17.5 Å². The minimum Gasteiger partial charge on any atom is -0.481 e. The summed E-state index contributed by atoms with van der Waals surface area (Å²) in [7, 11) is 0. The van der Waals surface area contributed by atoms with Gasteiger partial charge >= 0.3 is 0 Å². The molecule has 0 bridgehead atoms. The van der Waals surface area contributed by atoms with Crippen molar-refractivity contribution in [1.29, 1.82) is 0 Å². The molecule has 1 aromatic heterocycles. The molecule has 29 heavy (non-hydrogen) atoms. The van der Waals surface area contributed by atoms with Crippen LogP contribution in [0.3, 0.4) is 0 Å². The first kappa shape index (κ1) is 19.6. The van der Waals surface area contributed by atoms with E-state index in [9.17, 15) is 19.7 Å². The average Bonchev–Trinajstić information content (AvgIpc) is 3.23. The molecule has 0 radical (unpaired) electrons. The molecule has 1 atom stereocenters. The molecule has 0 aliphatic carbocycles. The normalized spacial score (nSPS) is 11.3. The third-order valence-corrected chi connectivity index (χ3v) is 3.86. The molecule has 2 amide bonds. The van der Waals surface area contributed by atoms with E-state index in [0.717, 1.165) is 0 Å². The van der Waals surface area contributed by atoms with Crippen molar-refractivity contribution in [3.63, 3.8) is 0 Å². The highest BCUT2D eigenvalue weighted by molar-refractivity contribution is 6.02. The van der Waals surface area contributed by atoms with Crippen LogP contribution in [0.2, 0.25) is 0 Å². The summed E-state index contributed by atoms with van der Waals surface area (Å²) in [5, 5.41) is 16.0. The van der Waals surface area contributed by atoms with Crippen LogP contribution < -0.4 is 15.4 Å². The Labute approximate surface area is 165 Å². The van der Waals surface area contributed by atoms with Crippen LogP contribution in [0.5, 0.6) is 5.75 Å². The summed E-state index contributed by atoms with van der Waals surface area (Å²) < 4.78 is 10.5. The fourth-order valence-electron chi connectivity index (χ4n) is 2.42. The number of benzene rings is 2. The fraction of sp³-hybridized carbons (Fsp3) is 0.100. The standard InChI is InChI=1S/C20H17N3O6/c1-13(29-17-9-7-16(8-10-17)23(26)27)19(24)21-14-4-2-5-15(12-14)22-20(25)18-6-3-11-28-18/h2-13H,1H3,(H,21,24)(H,22,25). The van der Waals surface area contributed by atoms with Gasteiger partial charge in [0, 0.05) is 23.5 Å². The van der Waals surface area contributed by atoms with Crippen LogP contribution in [0.15, 0.2) is 71.3 Å². The summed E-state index contributed by atoms with van der Waals surface area (Å²) in [4.78, 5) is 34.6. The number of anilines is 2. The molecule has 9 heteroatoms. The van der Waals surface area contributed by atoms with Gasteiger partial charge in [-0.1, -0.05) is 6.07 Å². The van der Waals surface area contributed by atoms with E-state index < -0.39 is 22.8 Å². The maximum atomic E-state index is 12.4. The Balaban J connectivity index is 1.59. The molecule has 2 N–H and O–H groups in total. The molecule has 0 aliphatic rings. The van der Waals surface area contributed by atoms with E-state index >= 15 is 0 Å². The average molecular weight is 395 g/mol. The molecule has 0 aliphatic heterocycles. The number of nitro benzene ring substituents is 1. The highest BCUT2D eigenvalue weighted by Gasteiger charge is 2.16. The minimum atomic E-state index is -0.849. The van der Waals surface area contributed by atoms with Crippen molar-refractivity contribution in [2.24, 2.45) is 0 Å². The zero-order chi connectivity index (χ0) is 20.8. The van der Waals surface area contributed by atoms with Gasteiger partial charge in [0.1, 0.15) is 5.75 Å². The van der Waals surface area contributed by atoms with Crippen molar-refractivity contribution in [3.8, 4) is 5.75 Å². The monoisotopic (exact) mass is 395 g/mol. The van der Waals surface area contributed by atoms with Gasteiger partial charge in [-0.25, -0.2) is 0 Å². The van der Waals surface area contributed by atoms with Crippen molar-refractivity contribution in [1.82, 2.24) is 0 Å². The smallest absolute Gasteiger partial charge is 0.291 e. The Morgan fingerprint density at radius 2 is 1.72 bits per heavy atom. The summed E-state index contributed by atoms with van der Waals surface area (Å²) in [6.07, 6.45) is 0.551. The molecule has 0 saturated carbocycles. The summed E-state index contributed by atoms with van der Waals surface area (Å²) in [6, 6.07) is 15.2. The van der Waals surface area contributed by atoms with E-state index in [4.69, 9.17) is 9.15 Å². The maximum Gasteiger partial charge on any atom is 0.291 e. The maximum absolute atomic E-state index is 12.4. The van der Waals surface area contributed by atoms with Gasteiger partial charge in [-0.05, 0) is 49.4 Å². The summed E-state index contributed by atoms with van der Waals surface area (Å²) in [6.45, 7) is 1.55. The molecule has 1 unspecified atom stereocenters. The Hall–Kier alpha value is -4.14. The number of ether oxygens (including phenoxy) is 1. The largest absolute Gasteiger partial charge is 0.481 e. The molecule has 148 valence electrons. The number of hydrogen-bond donors (Lipinski definition) is 2. The zero-order valence-corrected chi connectivity index (χ0v) is 15.3. The first-order valence-electron chi connectivity index (χ1n) is 8.59. The van der Waals surface area contributed by atoms with Crippen LogP contribution in [-0.4, -0.2) is 22.8 Å². The third kappa shape index (κ3) is 5.19. The number of carbonyl (C=O) groups excluding carboxylic acids is 2. The zero-order valence-electron chi connectivity index (χ0n) is 15.3. The number of rotatable bonds is 7. The number of carbonyl (C=O) groups is 2. The lowest BCUT2D eigenvalue weighted by molar-refractivity contribution is -0.384. The van der Waals surface area contributed by atoms with Crippen LogP contribution in [0.4, 0.5) is 17.1 Å². The van der Waals surface area contributed by atoms with E-state index in [1.165, 1.54) is 36.6 Å². The molecular formula is C20H17N3O6. The quantitative estimate of drug-likeness (QED) is 0.463. The lowest BCUT2D eigenvalue weighted by atomic mass is 10.2. The highest BCUT2D eigenvalue weighted by atomic mass is 16.6. The molecule has 0 saturated heterocycles. The van der Waals surface area contributed by atoms with Crippen LogP contribution >= 0.6 is 0 Å². The van der Waals surface area contributed by atoms with E-state index in [0.29, 0.717) is 17.1 Å². The summed E-state index contributed by atoms with van der Waals surface area (Å²) in [5.41, 5.74) is 0.877. The van der Waals surface area contributed by atoms with E-state index in [1.54, 1.807) is 37.3 Å². The van der Waals surface area contributed by atoms with Gasteiger partial charge < -0.3 is 19.8 Å². The highest BCUT2D eigenvalue weighted by Crippen LogP contribution is 2.20. The lowest BCUT2D eigenvalue weighted by Gasteiger charge is -2.15. The number of nitro groups is 1. The molecule has 0 fully saturated rings. The number of nitrogens with zero attached hydrogens (tertiary/aromatic N) is 1. The SMILES string of the molecule is CC(Oc1ccc([N+](=O)[O-])cc1)C(=O)Nc1cccc(NC(=O)c2ccco2)c1. The number of nitrogens with one attached hydrogen (secondary N) is 2. The molecular weight excluding hydrogens is 378 g/mol. The Morgan fingerprint density at radius 1 is 1.03 bits per heavy atom. The summed E-state index contributed by atoms with van der Waals surface area (Å²) >= 11 is 0. The van der Waals surface area contributed by atoms with Crippen molar-refractivity contribution in [3.05, 3.63) is 82.8 Å². The second-order valence-corrected chi connectivity index (χ2v) is 6.01. The predicted octanol–water partition coefficient (Wildman–Crippen LogP) is 3.85. The fourth-order valence-corrected chi connectivity index (χ4v) is 2.42. The number of non-ortho nitro benzene ring substituents is 1. The van der Waals surface area contributed by atoms with Crippen molar-refractivity contribution in [2.75, 3.05) is 10.6 Å². The van der Waals surface area contributed by atoms with Gasteiger partial charge in [-0.15, -0.1) is 0 Å². The first-order valence-corrected chi connectivity index (χ1v) is 8.59. The predicted molar refractivity (Wildman–Crippen MR) is 105 cm³/mol. The van der Waals surface area contributed by atoms with Crippen LogP contribution in [-0.2, 0) is 4.79 Å². The van der Waals surface area contributed by atoms with E-state index in [1.807, 2.05) is 0 Å². The second-order valence-electron chi connectivity index (χ2n) is 6.01. The van der Waals surface area contributed by atoms with Gasteiger partial charge in [0.25, 0.3) is 17.5 Å². The number of amides is 2. The van der Waals surface area contributed by atoms with Crippen molar-refractivity contribution >= 4 is 28.9 Å². The van der Waals surface area contributed by atoms with E-state index in [2.05, 4.69) is 10.6 Å². The molecule has 3 aromatic rings. The van der Waals surface area contributed by atoms with Crippen LogP contribution in [0, 0.1) is 10.1 Å². The molecule has 9 nitrogen and oxygen atoms in total. The molecule has 2 aromatic carbocycles. The topological polar surface area (TPSA) is 124 Å². The Kier molecular flexibility index (Phi) is 5.88. The number of hydrogen-bond acceptors (Lipinski definition) is 6. The van der Waals surface area contributed by atoms with Gasteiger partial charge in [-0.2, -0.15) is 0 Å².